The van der Waals surface area contributed by atoms with Crippen molar-refractivity contribution in [2.75, 3.05) is 10.6 Å². The van der Waals surface area contributed by atoms with Crippen molar-refractivity contribution in [3.05, 3.63) is 82.9 Å². The van der Waals surface area contributed by atoms with E-state index in [1.165, 1.54) is 18.2 Å². The molecule has 0 saturated heterocycles. The van der Waals surface area contributed by atoms with Gasteiger partial charge in [0.2, 0.25) is 0 Å². The van der Waals surface area contributed by atoms with Crippen LogP contribution < -0.4 is 10.6 Å². The maximum Gasteiger partial charge on any atom is 0.256 e. The van der Waals surface area contributed by atoms with E-state index in [0.717, 1.165) is 22.6 Å². The number of nitrogens with zero attached hydrogens (tertiary/aromatic N) is 1. The van der Waals surface area contributed by atoms with E-state index >= 15 is 0 Å². The first kappa shape index (κ1) is 16.6. The van der Waals surface area contributed by atoms with E-state index in [1.54, 1.807) is 12.3 Å². The molecule has 1 aromatic heterocycles. The molecule has 5 nitrogen and oxygen atoms in total. The monoisotopic (exact) mass is 358 g/mol. The van der Waals surface area contributed by atoms with Crippen LogP contribution >= 0.6 is 0 Å². The van der Waals surface area contributed by atoms with Gasteiger partial charge in [-0.25, -0.2) is 4.39 Å². The summed E-state index contributed by atoms with van der Waals surface area (Å²) < 4.78 is 13.5. The van der Waals surface area contributed by atoms with Gasteiger partial charge in [-0.05, 0) is 60.2 Å². The largest absolute Gasteiger partial charge is 0.381 e. The lowest BCUT2D eigenvalue weighted by Gasteiger charge is -2.10. The van der Waals surface area contributed by atoms with Crippen LogP contribution in [-0.4, -0.2) is 10.9 Å². The lowest BCUT2D eigenvalue weighted by molar-refractivity contribution is -0.110. The maximum absolute atomic E-state index is 13.5. The number of hydrogen-bond donors (Lipinski definition) is 3. The lowest BCUT2D eigenvalue weighted by atomic mass is 10.0. The molecule has 0 fully saturated rings. The first-order valence-electron chi connectivity index (χ1n) is 8.37. The van der Waals surface area contributed by atoms with Gasteiger partial charge in [-0.2, -0.15) is 5.26 Å². The predicted octanol–water partition coefficient (Wildman–Crippen LogP) is 4.13. The van der Waals surface area contributed by atoms with Crippen molar-refractivity contribution in [2.24, 2.45) is 0 Å². The van der Waals surface area contributed by atoms with Crippen LogP contribution in [0.25, 0.3) is 11.6 Å². The molecule has 132 valence electrons. The second-order valence-electron chi connectivity index (χ2n) is 6.16. The molecule has 3 aromatic rings. The number of carbonyl (C=O) groups excluding carboxylic acids is 1. The van der Waals surface area contributed by atoms with E-state index in [-0.39, 0.29) is 11.7 Å². The van der Waals surface area contributed by atoms with Crippen molar-refractivity contribution in [2.45, 2.75) is 6.54 Å². The quantitative estimate of drug-likeness (QED) is 0.614. The third kappa shape index (κ3) is 3.31. The van der Waals surface area contributed by atoms with Crippen LogP contribution in [0.1, 0.15) is 22.4 Å². The molecule has 27 heavy (non-hydrogen) atoms. The first-order valence-corrected chi connectivity index (χ1v) is 8.37. The van der Waals surface area contributed by atoms with E-state index < -0.39 is 0 Å². The number of benzene rings is 2. The third-order valence-electron chi connectivity index (χ3n) is 4.40. The van der Waals surface area contributed by atoms with Crippen molar-refractivity contribution >= 4 is 28.9 Å². The minimum atomic E-state index is -0.384. The Hall–Kier alpha value is -3.85. The van der Waals surface area contributed by atoms with E-state index in [9.17, 15) is 9.18 Å². The Morgan fingerprint density at radius 2 is 2.07 bits per heavy atom. The molecule has 2 heterocycles. The number of aromatic amines is 1. The second-order valence-corrected chi connectivity index (χ2v) is 6.16. The molecule has 1 amide bonds. The second kappa shape index (κ2) is 6.81. The number of fused-ring (bicyclic) bond motifs is 1. The zero-order valence-electron chi connectivity index (χ0n) is 14.2. The molecule has 0 spiro atoms. The summed E-state index contributed by atoms with van der Waals surface area (Å²) >= 11 is 0. The molecule has 3 N–H and O–H groups in total. The van der Waals surface area contributed by atoms with Crippen molar-refractivity contribution in [1.29, 1.82) is 5.26 Å². The summed E-state index contributed by atoms with van der Waals surface area (Å²) in [6.07, 6.45) is 3.59. The highest BCUT2D eigenvalue weighted by molar-refractivity contribution is 6.35. The van der Waals surface area contributed by atoms with Gasteiger partial charge in [0, 0.05) is 35.4 Å². The van der Waals surface area contributed by atoms with Crippen molar-refractivity contribution in [3.63, 3.8) is 0 Å². The van der Waals surface area contributed by atoms with Crippen molar-refractivity contribution in [3.8, 4) is 6.07 Å². The summed E-state index contributed by atoms with van der Waals surface area (Å²) in [6.45, 7) is 0.302. The normalized spacial score (nSPS) is 13.9. The van der Waals surface area contributed by atoms with Crippen LogP contribution in [-0.2, 0) is 11.3 Å². The number of hydrogen-bond acceptors (Lipinski definition) is 3. The average Bonchev–Trinajstić information content (AvgIpc) is 3.29. The van der Waals surface area contributed by atoms with Gasteiger partial charge in [0.15, 0.2) is 0 Å². The summed E-state index contributed by atoms with van der Waals surface area (Å²) in [6, 6.07) is 15.4. The molecule has 0 unspecified atom stereocenters. The van der Waals surface area contributed by atoms with Gasteiger partial charge in [-0.3, -0.25) is 4.79 Å². The minimum Gasteiger partial charge on any atom is -0.381 e. The molecule has 1 aliphatic rings. The Kier molecular flexibility index (Phi) is 4.19. The zero-order valence-corrected chi connectivity index (χ0v) is 14.2. The van der Waals surface area contributed by atoms with Gasteiger partial charge >= 0.3 is 0 Å². The summed E-state index contributed by atoms with van der Waals surface area (Å²) in [5.74, 6) is -0.542. The molecule has 0 bridgehead atoms. The number of nitrogens with one attached hydrogen (secondary N) is 3. The Bertz CT molecular complexity index is 1090. The van der Waals surface area contributed by atoms with E-state index in [1.807, 2.05) is 30.3 Å². The van der Waals surface area contributed by atoms with E-state index in [2.05, 4.69) is 21.7 Å². The Labute approximate surface area is 155 Å². The Morgan fingerprint density at radius 1 is 1.19 bits per heavy atom. The van der Waals surface area contributed by atoms with E-state index in [4.69, 9.17) is 5.26 Å². The number of aromatic nitrogens is 1. The third-order valence-corrected chi connectivity index (χ3v) is 4.40. The van der Waals surface area contributed by atoms with Gasteiger partial charge in [0.25, 0.3) is 5.91 Å². The number of halogens is 1. The predicted molar refractivity (Wildman–Crippen MR) is 102 cm³/mol. The van der Waals surface area contributed by atoms with Gasteiger partial charge in [-0.1, -0.05) is 0 Å². The smallest absolute Gasteiger partial charge is 0.256 e. The molecular formula is C21H15FN4O. The van der Waals surface area contributed by atoms with Gasteiger partial charge in [0.05, 0.1) is 17.2 Å². The number of anilines is 2. The number of H-pyrrole nitrogens is 1. The maximum atomic E-state index is 13.5. The molecule has 1 aliphatic heterocycles. The van der Waals surface area contributed by atoms with Gasteiger partial charge < -0.3 is 15.6 Å². The summed E-state index contributed by atoms with van der Waals surface area (Å²) in [4.78, 5) is 15.3. The topological polar surface area (TPSA) is 80.7 Å². The molecule has 0 atom stereocenters. The molecule has 6 heteroatoms. The minimum absolute atomic E-state index is 0.159. The van der Waals surface area contributed by atoms with Crippen LogP contribution in [0.15, 0.2) is 54.7 Å². The Morgan fingerprint density at radius 3 is 2.85 bits per heavy atom. The van der Waals surface area contributed by atoms with Crippen LogP contribution in [0.3, 0.4) is 0 Å². The van der Waals surface area contributed by atoms with Crippen LogP contribution in [0.4, 0.5) is 15.8 Å². The molecule has 4 rings (SSSR count). The highest BCUT2D eigenvalue weighted by Crippen LogP contribution is 2.35. The highest BCUT2D eigenvalue weighted by atomic mass is 19.1. The fourth-order valence-corrected chi connectivity index (χ4v) is 3.05. The Balaban J connectivity index is 1.61. The number of amides is 1. The summed E-state index contributed by atoms with van der Waals surface area (Å²) in [5, 5.41) is 15.2. The standard InChI is InChI=1S/C21H15FN4O/c22-15-4-3-13(11-23)14(8-15)12-25-17-5-6-20-18(9-17)19(21(27)26-20)10-16-2-1-7-24-16/h1-10,24-25H,12H2,(H,26,27). The van der Waals surface area contributed by atoms with Gasteiger partial charge in [-0.15, -0.1) is 0 Å². The van der Waals surface area contributed by atoms with Crippen LogP contribution in [0.2, 0.25) is 0 Å². The lowest BCUT2D eigenvalue weighted by Crippen LogP contribution is -2.03. The van der Waals surface area contributed by atoms with Gasteiger partial charge in [0.1, 0.15) is 5.82 Å². The molecule has 0 radical (unpaired) electrons. The molecular weight excluding hydrogens is 343 g/mol. The summed E-state index contributed by atoms with van der Waals surface area (Å²) in [7, 11) is 0. The van der Waals surface area contributed by atoms with Crippen molar-refractivity contribution < 1.29 is 9.18 Å². The fourth-order valence-electron chi connectivity index (χ4n) is 3.05. The van der Waals surface area contributed by atoms with Crippen LogP contribution in [0.5, 0.6) is 0 Å². The highest BCUT2D eigenvalue weighted by Gasteiger charge is 2.24. The van der Waals surface area contributed by atoms with Crippen LogP contribution in [0, 0.1) is 17.1 Å². The molecule has 0 aliphatic carbocycles. The molecule has 0 saturated carbocycles. The number of rotatable bonds is 4. The number of carbonyl (C=O) groups is 1. The average molecular weight is 358 g/mol. The number of nitriles is 1. The first-order chi connectivity index (χ1) is 13.1. The van der Waals surface area contributed by atoms with Crippen molar-refractivity contribution in [1.82, 2.24) is 4.98 Å². The molecule has 2 aromatic carbocycles. The SMILES string of the molecule is N#Cc1ccc(F)cc1CNc1ccc2c(c1)C(=Cc1ccc[nH]1)C(=O)N2. The fraction of sp³-hybridized carbons (Fsp3) is 0.0476. The van der Waals surface area contributed by atoms with E-state index in [0.29, 0.717) is 23.2 Å². The summed E-state index contributed by atoms with van der Waals surface area (Å²) in [5.41, 5.74) is 4.72. The zero-order chi connectivity index (χ0) is 18.8.